The van der Waals surface area contributed by atoms with Gasteiger partial charge in [0.1, 0.15) is 11.5 Å². The Morgan fingerprint density at radius 2 is 1.36 bits per heavy atom. The molecule has 0 saturated carbocycles. The quantitative estimate of drug-likeness (QED) is 0.406. The van der Waals surface area contributed by atoms with Crippen LogP contribution in [0.4, 0.5) is 0 Å². The molecule has 0 aliphatic rings. The van der Waals surface area contributed by atoms with Crippen molar-refractivity contribution in [1.29, 1.82) is 0 Å². The first-order chi connectivity index (χ1) is 10.9. The summed E-state index contributed by atoms with van der Waals surface area (Å²) in [6.07, 6.45) is 1.95. The summed E-state index contributed by atoms with van der Waals surface area (Å²) in [7, 11) is 0. The van der Waals surface area contributed by atoms with Gasteiger partial charge < -0.3 is 9.47 Å². The van der Waals surface area contributed by atoms with E-state index in [0.717, 1.165) is 29.9 Å². The van der Waals surface area contributed by atoms with Crippen LogP contribution in [0.1, 0.15) is 18.4 Å². The molecule has 0 fully saturated rings. The molecule has 0 aromatic heterocycles. The highest BCUT2D eigenvalue weighted by Crippen LogP contribution is 2.12. The average molecular weight is 359 g/mol. The van der Waals surface area contributed by atoms with Crippen LogP contribution in [0, 0.1) is 11.8 Å². The third-order valence-electron chi connectivity index (χ3n) is 2.97. The number of para-hydroxylation sites is 1. The van der Waals surface area contributed by atoms with Gasteiger partial charge in [0.05, 0.1) is 18.5 Å². The Hall–Kier alpha value is -1.92. The van der Waals surface area contributed by atoms with E-state index in [4.69, 9.17) is 9.47 Å². The van der Waals surface area contributed by atoms with Crippen molar-refractivity contribution in [1.82, 2.24) is 0 Å². The van der Waals surface area contributed by atoms with Gasteiger partial charge in [-0.3, -0.25) is 0 Å². The minimum atomic E-state index is 0.691. The van der Waals surface area contributed by atoms with Crippen molar-refractivity contribution < 1.29 is 9.47 Å². The fraction of sp³-hybridized carbons (Fsp3) is 0.263. The molecule has 0 heterocycles. The molecule has 2 rings (SSSR count). The molecule has 2 aromatic carbocycles. The number of alkyl halides is 1. The summed E-state index contributed by atoms with van der Waals surface area (Å²) in [6.45, 7) is 1.42. The number of rotatable bonds is 7. The third-order valence-corrected chi connectivity index (χ3v) is 3.25. The molecule has 0 radical (unpaired) electrons. The van der Waals surface area contributed by atoms with Crippen LogP contribution in [0.3, 0.4) is 0 Å². The number of ether oxygens (including phenoxy) is 2. The van der Waals surface area contributed by atoms with Crippen molar-refractivity contribution >= 4 is 15.9 Å². The summed E-state index contributed by atoms with van der Waals surface area (Å²) in [5, 5.41) is 0.691. The molecule has 22 heavy (non-hydrogen) atoms. The lowest BCUT2D eigenvalue weighted by atomic mass is 10.2. The minimum Gasteiger partial charge on any atom is -0.494 e. The summed E-state index contributed by atoms with van der Waals surface area (Å²) < 4.78 is 11.3. The molecule has 2 aromatic rings. The maximum atomic E-state index is 5.70. The zero-order chi connectivity index (χ0) is 15.5. The van der Waals surface area contributed by atoms with Crippen molar-refractivity contribution in [2.75, 3.05) is 18.5 Å². The van der Waals surface area contributed by atoms with Gasteiger partial charge in [0.15, 0.2) is 0 Å². The van der Waals surface area contributed by atoms with Gasteiger partial charge in [0.25, 0.3) is 0 Å². The van der Waals surface area contributed by atoms with Gasteiger partial charge in [-0.1, -0.05) is 46.0 Å². The molecule has 3 heteroatoms. The number of hydrogen-bond acceptors (Lipinski definition) is 2. The second-order valence-corrected chi connectivity index (χ2v) is 5.24. The zero-order valence-electron chi connectivity index (χ0n) is 12.4. The summed E-state index contributed by atoms with van der Waals surface area (Å²) in [5.74, 6) is 7.83. The first-order valence-corrected chi connectivity index (χ1v) is 8.46. The smallest absolute Gasteiger partial charge is 0.119 e. The molecule has 0 atom stereocenters. The van der Waals surface area contributed by atoms with Gasteiger partial charge >= 0.3 is 0 Å². The Kier molecular flexibility index (Phi) is 7.41. The van der Waals surface area contributed by atoms with Crippen LogP contribution in [-0.2, 0) is 0 Å². The lowest BCUT2D eigenvalue weighted by Gasteiger charge is -2.07. The van der Waals surface area contributed by atoms with E-state index in [1.807, 2.05) is 54.6 Å². The molecule has 0 saturated heterocycles. The normalized spacial score (nSPS) is 9.68. The summed E-state index contributed by atoms with van der Waals surface area (Å²) in [6, 6.07) is 17.7. The standard InChI is InChI=1S/C19H19BrO2/c20-14-6-7-17-10-12-19(13-11-17)22-16-5-4-15-21-18-8-2-1-3-9-18/h1-3,8-13H,4-5,14-16H2. The molecule has 0 unspecified atom stereocenters. The molecule has 0 spiro atoms. The lowest BCUT2D eigenvalue weighted by molar-refractivity contribution is 0.266. The maximum Gasteiger partial charge on any atom is 0.119 e. The van der Waals surface area contributed by atoms with Gasteiger partial charge in [-0.2, -0.15) is 0 Å². The van der Waals surface area contributed by atoms with Crippen LogP contribution in [0.2, 0.25) is 0 Å². The Labute approximate surface area is 140 Å². The van der Waals surface area contributed by atoms with E-state index in [-0.39, 0.29) is 0 Å². The number of hydrogen-bond donors (Lipinski definition) is 0. The molecule has 0 N–H and O–H groups in total. The van der Waals surface area contributed by atoms with E-state index < -0.39 is 0 Å². The number of unbranched alkanes of at least 4 members (excludes halogenated alkanes) is 1. The van der Waals surface area contributed by atoms with E-state index in [9.17, 15) is 0 Å². The second-order valence-electron chi connectivity index (χ2n) is 4.68. The highest BCUT2D eigenvalue weighted by molar-refractivity contribution is 9.09. The summed E-state index contributed by atoms with van der Waals surface area (Å²) in [5.41, 5.74) is 1.00. The summed E-state index contributed by atoms with van der Waals surface area (Å²) >= 11 is 3.28. The maximum absolute atomic E-state index is 5.70. The minimum absolute atomic E-state index is 0.691. The highest BCUT2D eigenvalue weighted by Gasteiger charge is 1.96. The molecule has 0 bridgehead atoms. The topological polar surface area (TPSA) is 18.5 Å². The molecule has 0 amide bonds. The highest BCUT2D eigenvalue weighted by atomic mass is 79.9. The first-order valence-electron chi connectivity index (χ1n) is 7.34. The molecule has 0 aliphatic heterocycles. The van der Waals surface area contributed by atoms with Crippen LogP contribution in [-0.4, -0.2) is 18.5 Å². The fourth-order valence-corrected chi connectivity index (χ4v) is 2.01. The molecule has 114 valence electrons. The van der Waals surface area contributed by atoms with Crippen molar-refractivity contribution in [2.24, 2.45) is 0 Å². The van der Waals surface area contributed by atoms with Gasteiger partial charge in [0, 0.05) is 5.56 Å². The van der Waals surface area contributed by atoms with Crippen LogP contribution in [0.5, 0.6) is 11.5 Å². The van der Waals surface area contributed by atoms with E-state index in [0.29, 0.717) is 18.5 Å². The van der Waals surface area contributed by atoms with E-state index in [1.165, 1.54) is 0 Å². The fourth-order valence-electron chi connectivity index (χ4n) is 1.87. The van der Waals surface area contributed by atoms with Crippen molar-refractivity contribution in [3.05, 3.63) is 60.2 Å². The average Bonchev–Trinajstić information content (AvgIpc) is 2.58. The Morgan fingerprint density at radius 3 is 1.95 bits per heavy atom. The molecular formula is C19H19BrO2. The first kappa shape index (κ1) is 16.5. The van der Waals surface area contributed by atoms with Gasteiger partial charge in [-0.05, 0) is 49.2 Å². The third kappa shape index (κ3) is 6.24. The lowest BCUT2D eigenvalue weighted by Crippen LogP contribution is -2.02. The predicted molar refractivity (Wildman–Crippen MR) is 93.8 cm³/mol. The number of halogens is 1. The van der Waals surface area contributed by atoms with Crippen LogP contribution >= 0.6 is 15.9 Å². The van der Waals surface area contributed by atoms with Gasteiger partial charge in [0.2, 0.25) is 0 Å². The van der Waals surface area contributed by atoms with Gasteiger partial charge in [-0.25, -0.2) is 0 Å². The van der Waals surface area contributed by atoms with Crippen molar-refractivity contribution in [2.45, 2.75) is 12.8 Å². The van der Waals surface area contributed by atoms with E-state index in [2.05, 4.69) is 27.8 Å². The van der Waals surface area contributed by atoms with Crippen LogP contribution in [0.15, 0.2) is 54.6 Å². The molecular weight excluding hydrogens is 340 g/mol. The molecule has 2 nitrogen and oxygen atoms in total. The summed E-state index contributed by atoms with van der Waals surface area (Å²) in [4.78, 5) is 0. The monoisotopic (exact) mass is 358 g/mol. The predicted octanol–water partition coefficient (Wildman–Crippen LogP) is 4.67. The Balaban J connectivity index is 1.60. The Morgan fingerprint density at radius 1 is 0.773 bits per heavy atom. The Bertz CT molecular complexity index is 597. The van der Waals surface area contributed by atoms with E-state index in [1.54, 1.807) is 0 Å². The second kappa shape index (κ2) is 9.92. The van der Waals surface area contributed by atoms with Crippen LogP contribution in [0.25, 0.3) is 0 Å². The van der Waals surface area contributed by atoms with Crippen molar-refractivity contribution in [3.63, 3.8) is 0 Å². The molecule has 0 aliphatic carbocycles. The van der Waals surface area contributed by atoms with E-state index >= 15 is 0 Å². The van der Waals surface area contributed by atoms with Crippen molar-refractivity contribution in [3.8, 4) is 23.3 Å². The number of benzene rings is 2. The van der Waals surface area contributed by atoms with Gasteiger partial charge in [-0.15, -0.1) is 0 Å². The zero-order valence-corrected chi connectivity index (χ0v) is 14.0. The van der Waals surface area contributed by atoms with Crippen LogP contribution < -0.4 is 9.47 Å². The largest absolute Gasteiger partial charge is 0.494 e. The SMILES string of the molecule is BrCC#Cc1ccc(OCCCCOc2ccccc2)cc1.